The number of hydrogen-bond acceptors (Lipinski definition) is 3. The summed E-state index contributed by atoms with van der Waals surface area (Å²) >= 11 is 0. The van der Waals surface area contributed by atoms with Crippen molar-refractivity contribution in [3.8, 4) is 0 Å². The lowest BCUT2D eigenvalue weighted by atomic mass is 10.2. The summed E-state index contributed by atoms with van der Waals surface area (Å²) in [6, 6.07) is 6.78. The van der Waals surface area contributed by atoms with Gasteiger partial charge in [0, 0.05) is 6.07 Å². The number of rotatable bonds is 0. The van der Waals surface area contributed by atoms with Gasteiger partial charge in [0.25, 0.3) is 0 Å². The van der Waals surface area contributed by atoms with Crippen molar-refractivity contribution in [1.82, 2.24) is 10.3 Å². The number of aryl methyl sites for hydroxylation is 1. The molecule has 3 nitrogen and oxygen atoms in total. The number of nitrogens with zero attached hydrogens (tertiary/aromatic N) is 2. The Labute approximate surface area is 57.6 Å². The lowest BCUT2D eigenvalue weighted by molar-refractivity contribution is 0.315. The van der Waals surface area contributed by atoms with E-state index in [9.17, 15) is 0 Å². The third-order valence-corrected chi connectivity index (χ3v) is 1.32. The first-order valence-corrected chi connectivity index (χ1v) is 2.97. The van der Waals surface area contributed by atoms with Gasteiger partial charge in [0.2, 0.25) is 0 Å². The normalized spacial score (nSPS) is 10.5. The van der Waals surface area contributed by atoms with Crippen molar-refractivity contribution >= 4 is 11.0 Å². The molecule has 0 spiro atoms. The van der Waals surface area contributed by atoms with Crippen molar-refractivity contribution in [2.75, 3.05) is 0 Å². The van der Waals surface area contributed by atoms with Crippen molar-refractivity contribution in [3.05, 3.63) is 23.8 Å². The van der Waals surface area contributed by atoms with Gasteiger partial charge in [0.1, 0.15) is 11.0 Å². The summed E-state index contributed by atoms with van der Waals surface area (Å²) in [5.74, 6) is 0. The van der Waals surface area contributed by atoms with Crippen molar-refractivity contribution in [2.24, 2.45) is 0 Å². The Morgan fingerprint density at radius 1 is 1.40 bits per heavy atom. The molecule has 1 radical (unpaired) electrons. The average Bonchev–Trinajstić information content (AvgIpc) is 2.33. The summed E-state index contributed by atoms with van der Waals surface area (Å²) in [6.45, 7) is 1.95. The highest BCUT2D eigenvalue weighted by Gasteiger charge is 1.97. The second kappa shape index (κ2) is 1.80. The first kappa shape index (κ1) is 5.41. The molecule has 0 saturated heterocycles. The van der Waals surface area contributed by atoms with Gasteiger partial charge < -0.3 is 0 Å². The second-order valence-electron chi connectivity index (χ2n) is 2.14. The summed E-state index contributed by atoms with van der Waals surface area (Å²) in [5.41, 5.74) is 2.49. The van der Waals surface area contributed by atoms with Gasteiger partial charge in [-0.3, -0.25) is 0 Å². The van der Waals surface area contributed by atoms with Crippen LogP contribution in [0.2, 0.25) is 0 Å². The van der Waals surface area contributed by atoms with Gasteiger partial charge in [-0.1, -0.05) is 6.07 Å². The molecule has 0 fully saturated rings. The van der Waals surface area contributed by atoms with Crippen LogP contribution in [0.25, 0.3) is 11.0 Å². The summed E-state index contributed by atoms with van der Waals surface area (Å²) in [4.78, 5) is 0. The fourth-order valence-electron chi connectivity index (χ4n) is 0.824. The molecule has 0 atom stereocenters. The van der Waals surface area contributed by atoms with Crippen molar-refractivity contribution in [2.45, 2.75) is 6.92 Å². The molecule has 49 valence electrons. The SMILES string of the molecule is Cc1[c]c2nonc2cc1. The van der Waals surface area contributed by atoms with E-state index in [2.05, 4.69) is 21.0 Å². The summed E-state index contributed by atoms with van der Waals surface area (Å²) in [6.07, 6.45) is 0. The van der Waals surface area contributed by atoms with E-state index in [-0.39, 0.29) is 0 Å². The van der Waals surface area contributed by atoms with Crippen molar-refractivity contribution in [1.29, 1.82) is 0 Å². The predicted molar refractivity (Wildman–Crippen MR) is 35.4 cm³/mol. The van der Waals surface area contributed by atoms with Gasteiger partial charge in [0.15, 0.2) is 0 Å². The van der Waals surface area contributed by atoms with Gasteiger partial charge in [-0.25, -0.2) is 4.63 Å². The minimum absolute atomic E-state index is 0.694. The molecule has 0 N–H and O–H groups in total. The maximum Gasteiger partial charge on any atom is 0.143 e. The predicted octanol–water partition coefficient (Wildman–Crippen LogP) is 1.33. The Bertz CT molecular complexity index is 353. The van der Waals surface area contributed by atoms with E-state index < -0.39 is 0 Å². The van der Waals surface area contributed by atoms with E-state index in [1.807, 2.05) is 19.1 Å². The number of fused-ring (bicyclic) bond motifs is 1. The molecule has 0 aliphatic heterocycles. The molecule has 0 aliphatic carbocycles. The molecule has 2 rings (SSSR count). The molecule has 0 unspecified atom stereocenters. The van der Waals surface area contributed by atoms with E-state index >= 15 is 0 Å². The molecule has 1 aromatic carbocycles. The van der Waals surface area contributed by atoms with Crippen LogP contribution in [0.4, 0.5) is 0 Å². The van der Waals surface area contributed by atoms with Gasteiger partial charge in [-0.15, -0.1) is 0 Å². The Morgan fingerprint density at radius 2 is 2.30 bits per heavy atom. The number of benzene rings is 1. The van der Waals surface area contributed by atoms with Crippen LogP contribution in [0.15, 0.2) is 16.8 Å². The van der Waals surface area contributed by atoms with Crippen LogP contribution in [0.3, 0.4) is 0 Å². The minimum atomic E-state index is 0.694. The summed E-state index contributed by atoms with van der Waals surface area (Å²) < 4.78 is 4.49. The fourth-order valence-corrected chi connectivity index (χ4v) is 0.824. The molecule has 3 heteroatoms. The standard InChI is InChI=1S/C7H5N2O/c1-5-2-3-6-7(4-5)9-10-8-6/h2-3H,1H3. The van der Waals surface area contributed by atoms with Crippen molar-refractivity contribution < 1.29 is 4.63 Å². The monoisotopic (exact) mass is 133 g/mol. The Kier molecular flexibility index (Phi) is 0.974. The molecule has 1 aromatic heterocycles. The van der Waals surface area contributed by atoms with E-state index in [1.54, 1.807) is 0 Å². The van der Waals surface area contributed by atoms with E-state index in [1.165, 1.54) is 0 Å². The van der Waals surface area contributed by atoms with Crippen molar-refractivity contribution in [3.63, 3.8) is 0 Å². The highest BCUT2D eigenvalue weighted by atomic mass is 16.6. The molecule has 0 amide bonds. The zero-order valence-corrected chi connectivity index (χ0v) is 5.46. The zero-order chi connectivity index (χ0) is 6.97. The van der Waals surface area contributed by atoms with Crippen LogP contribution in [-0.2, 0) is 0 Å². The van der Waals surface area contributed by atoms with Gasteiger partial charge in [0.05, 0.1) is 0 Å². The summed E-state index contributed by atoms with van der Waals surface area (Å²) in [7, 11) is 0. The zero-order valence-electron chi connectivity index (χ0n) is 5.46. The number of aromatic nitrogens is 2. The Morgan fingerprint density at radius 3 is 3.20 bits per heavy atom. The van der Waals surface area contributed by atoms with Gasteiger partial charge >= 0.3 is 0 Å². The second-order valence-corrected chi connectivity index (χ2v) is 2.14. The third kappa shape index (κ3) is 0.673. The Balaban J connectivity index is 2.86. The highest BCUT2D eigenvalue weighted by Crippen LogP contribution is 2.08. The molecule has 1 heterocycles. The molecular weight excluding hydrogens is 128 g/mol. The van der Waals surface area contributed by atoms with Gasteiger partial charge in [-0.2, -0.15) is 0 Å². The lowest BCUT2D eigenvalue weighted by Gasteiger charge is -1.84. The quantitative estimate of drug-likeness (QED) is 0.544. The smallest absolute Gasteiger partial charge is 0.143 e. The van der Waals surface area contributed by atoms with E-state index in [4.69, 9.17) is 0 Å². The lowest BCUT2D eigenvalue weighted by Crippen LogP contribution is -1.72. The van der Waals surface area contributed by atoms with Crippen LogP contribution in [-0.4, -0.2) is 10.3 Å². The molecule has 0 saturated carbocycles. The van der Waals surface area contributed by atoms with Crippen LogP contribution in [0.1, 0.15) is 5.56 Å². The average molecular weight is 133 g/mol. The molecule has 2 aromatic rings. The van der Waals surface area contributed by atoms with Crippen LogP contribution >= 0.6 is 0 Å². The van der Waals surface area contributed by atoms with E-state index in [0.29, 0.717) is 5.52 Å². The molecule has 0 aliphatic rings. The molecule has 0 bridgehead atoms. The van der Waals surface area contributed by atoms with Crippen LogP contribution < -0.4 is 0 Å². The minimum Gasteiger partial charge on any atom is -0.243 e. The fraction of sp³-hybridized carbons (Fsp3) is 0.143. The van der Waals surface area contributed by atoms with E-state index in [0.717, 1.165) is 11.1 Å². The topological polar surface area (TPSA) is 38.9 Å². The van der Waals surface area contributed by atoms with Gasteiger partial charge in [-0.05, 0) is 28.9 Å². The highest BCUT2D eigenvalue weighted by molar-refractivity contribution is 5.72. The summed E-state index contributed by atoms with van der Waals surface area (Å²) in [5, 5.41) is 7.28. The first-order chi connectivity index (χ1) is 4.86. The maximum absolute atomic E-state index is 4.49. The van der Waals surface area contributed by atoms with Crippen LogP contribution in [0, 0.1) is 13.0 Å². The maximum atomic E-state index is 4.49. The molecular formula is C7H5N2O. The largest absolute Gasteiger partial charge is 0.243 e. The molecule has 10 heavy (non-hydrogen) atoms. The number of hydrogen-bond donors (Lipinski definition) is 0. The first-order valence-electron chi connectivity index (χ1n) is 2.97. The van der Waals surface area contributed by atoms with Crippen LogP contribution in [0.5, 0.6) is 0 Å². The Hall–Kier alpha value is -1.38. The third-order valence-electron chi connectivity index (χ3n) is 1.32.